The number of carbonyl (C=O) groups is 2. The van der Waals surface area contributed by atoms with Crippen LogP contribution in [0.4, 0.5) is 0 Å². The largest absolute Gasteiger partial charge is 2.00 e. The van der Waals surface area contributed by atoms with Crippen molar-refractivity contribution in [1.82, 2.24) is 0 Å². The molecule has 2 atom stereocenters. The van der Waals surface area contributed by atoms with Crippen LogP contribution in [0.3, 0.4) is 0 Å². The molecule has 0 aromatic heterocycles. The molecule has 0 rings (SSSR count). The average molecular weight is 264 g/mol. The Morgan fingerprint density at radius 2 is 1.08 bits per heavy atom. The van der Waals surface area contributed by atoms with E-state index >= 15 is 0 Å². The molecular formula is C6H12N2O4Sr. The minimum absolute atomic E-state index is 0. The van der Waals surface area contributed by atoms with Crippen LogP contribution in [0.25, 0.3) is 0 Å². The zero-order chi connectivity index (χ0) is 10.3. The van der Waals surface area contributed by atoms with E-state index in [1.807, 2.05) is 0 Å². The molecule has 13 heavy (non-hydrogen) atoms. The Morgan fingerprint density at radius 1 is 1.00 bits per heavy atom. The van der Waals surface area contributed by atoms with Gasteiger partial charge < -0.3 is 31.3 Å². The van der Waals surface area contributed by atoms with Crippen LogP contribution in [0.1, 0.15) is 13.8 Å². The standard InChI is InChI=1S/2C3H7NO2.Sr/c2*1-2(4)3(5)6;/h2*2H,4H2,1H3,(H,5,6);/q;;+2/p-2/t2*2-;/m00./s1. The van der Waals surface area contributed by atoms with Gasteiger partial charge >= 0.3 is 45.5 Å². The van der Waals surface area contributed by atoms with Gasteiger partial charge in [-0.05, 0) is 13.8 Å². The number of carbonyl (C=O) groups excluding carboxylic acids is 2. The zero-order valence-electron chi connectivity index (χ0n) is 7.65. The van der Waals surface area contributed by atoms with Crippen molar-refractivity contribution in [2.75, 3.05) is 0 Å². The van der Waals surface area contributed by atoms with Gasteiger partial charge in [0.25, 0.3) is 0 Å². The molecular weight excluding hydrogens is 252 g/mol. The monoisotopic (exact) mass is 264 g/mol. The molecule has 72 valence electrons. The van der Waals surface area contributed by atoms with Crippen molar-refractivity contribution in [2.45, 2.75) is 25.9 Å². The average Bonchev–Trinajstić information content (AvgIpc) is 1.88. The molecule has 0 spiro atoms. The van der Waals surface area contributed by atoms with Gasteiger partial charge in [-0.25, -0.2) is 0 Å². The predicted octanol–water partition coefficient (Wildman–Crippen LogP) is -4.21. The molecule has 0 unspecified atom stereocenters. The quantitative estimate of drug-likeness (QED) is 0.485. The first kappa shape index (κ1) is 19.0. The number of rotatable bonds is 2. The molecule has 0 saturated carbocycles. The molecule has 0 radical (unpaired) electrons. The first-order valence-corrected chi connectivity index (χ1v) is 3.22. The molecule has 0 bridgehead atoms. The van der Waals surface area contributed by atoms with Crippen molar-refractivity contribution in [3.05, 3.63) is 0 Å². The molecule has 0 aromatic carbocycles. The van der Waals surface area contributed by atoms with Crippen molar-refractivity contribution in [3.63, 3.8) is 0 Å². The van der Waals surface area contributed by atoms with Crippen molar-refractivity contribution in [2.24, 2.45) is 11.5 Å². The SMILES string of the molecule is C[C@H](N)C(=O)[O-].C[C@H](N)C(=O)[O-].[Sr+2]. The maximum atomic E-state index is 9.46. The molecule has 4 N–H and O–H groups in total. The molecule has 0 amide bonds. The second-order valence-electron chi connectivity index (χ2n) is 2.22. The molecule has 0 aromatic rings. The van der Waals surface area contributed by atoms with E-state index in [2.05, 4.69) is 0 Å². The summed E-state index contributed by atoms with van der Waals surface area (Å²) < 4.78 is 0. The van der Waals surface area contributed by atoms with Crippen molar-refractivity contribution < 1.29 is 19.8 Å². The first-order chi connectivity index (χ1) is 5.29. The van der Waals surface area contributed by atoms with Crippen molar-refractivity contribution in [3.8, 4) is 0 Å². The van der Waals surface area contributed by atoms with Crippen LogP contribution in [0.2, 0.25) is 0 Å². The minimum atomic E-state index is -1.21. The Hall–Kier alpha value is 0.341. The van der Waals surface area contributed by atoms with Gasteiger partial charge in [-0.2, -0.15) is 0 Å². The first-order valence-electron chi connectivity index (χ1n) is 3.22. The number of hydrogen-bond donors (Lipinski definition) is 2. The topological polar surface area (TPSA) is 132 Å². The van der Waals surface area contributed by atoms with Gasteiger partial charge in [0.15, 0.2) is 0 Å². The summed E-state index contributed by atoms with van der Waals surface area (Å²) in [6.07, 6.45) is 0. The fourth-order valence-corrected chi connectivity index (χ4v) is 0. The van der Waals surface area contributed by atoms with Gasteiger partial charge in [-0.15, -0.1) is 0 Å². The normalized spacial score (nSPS) is 12.6. The maximum absolute atomic E-state index is 9.46. The van der Waals surface area contributed by atoms with E-state index in [1.54, 1.807) is 0 Å². The molecule has 6 nitrogen and oxygen atoms in total. The fraction of sp³-hybridized carbons (Fsp3) is 0.667. The summed E-state index contributed by atoms with van der Waals surface area (Å²) in [4.78, 5) is 18.9. The summed E-state index contributed by atoms with van der Waals surface area (Å²) >= 11 is 0. The van der Waals surface area contributed by atoms with Crippen molar-refractivity contribution in [1.29, 1.82) is 0 Å². The zero-order valence-corrected chi connectivity index (χ0v) is 11.1. The number of carboxylic acid groups (broad SMARTS) is 2. The minimum Gasteiger partial charge on any atom is -0.548 e. The number of aliphatic carboxylic acids is 2. The van der Waals surface area contributed by atoms with Crippen LogP contribution in [-0.4, -0.2) is 69.5 Å². The molecule has 0 fully saturated rings. The van der Waals surface area contributed by atoms with Crippen LogP contribution in [0, 0.1) is 0 Å². The van der Waals surface area contributed by atoms with Crippen LogP contribution in [0.5, 0.6) is 0 Å². The van der Waals surface area contributed by atoms with E-state index in [4.69, 9.17) is 11.5 Å². The number of hydrogen-bond acceptors (Lipinski definition) is 6. The number of nitrogens with two attached hydrogens (primary N) is 2. The Morgan fingerprint density at radius 3 is 1.08 bits per heavy atom. The van der Waals surface area contributed by atoms with E-state index in [0.29, 0.717) is 0 Å². The summed E-state index contributed by atoms with van der Waals surface area (Å²) in [7, 11) is 0. The third-order valence-electron chi connectivity index (χ3n) is 0.744. The van der Waals surface area contributed by atoms with Crippen LogP contribution < -0.4 is 21.7 Å². The molecule has 0 saturated heterocycles. The maximum Gasteiger partial charge on any atom is 2.00 e. The molecule has 7 heteroatoms. The molecule has 0 aliphatic rings. The van der Waals surface area contributed by atoms with Gasteiger partial charge in [-0.1, -0.05) is 0 Å². The number of carboxylic acids is 2. The fourth-order valence-electron chi connectivity index (χ4n) is 0. The van der Waals surface area contributed by atoms with Crippen molar-refractivity contribution >= 4 is 57.4 Å². The summed E-state index contributed by atoms with van der Waals surface area (Å²) in [5.41, 5.74) is 9.55. The smallest absolute Gasteiger partial charge is 0.548 e. The second kappa shape index (κ2) is 10.4. The summed E-state index contributed by atoms with van der Waals surface area (Å²) in [6.45, 7) is 2.71. The Balaban J connectivity index is -0.000000143. The van der Waals surface area contributed by atoms with Crippen LogP contribution in [0.15, 0.2) is 0 Å². The van der Waals surface area contributed by atoms with E-state index in [9.17, 15) is 19.8 Å². The Labute approximate surface area is 114 Å². The summed E-state index contributed by atoms with van der Waals surface area (Å²) in [5.74, 6) is -2.43. The van der Waals surface area contributed by atoms with E-state index in [1.165, 1.54) is 13.8 Å². The van der Waals surface area contributed by atoms with Gasteiger partial charge in [0.1, 0.15) is 0 Å². The van der Waals surface area contributed by atoms with E-state index in [-0.39, 0.29) is 45.5 Å². The molecule has 0 aliphatic carbocycles. The van der Waals surface area contributed by atoms with Gasteiger partial charge in [0, 0.05) is 12.1 Å². The van der Waals surface area contributed by atoms with Crippen LogP contribution >= 0.6 is 0 Å². The molecule has 0 aliphatic heterocycles. The third-order valence-corrected chi connectivity index (χ3v) is 0.744. The van der Waals surface area contributed by atoms with E-state index in [0.717, 1.165) is 0 Å². The van der Waals surface area contributed by atoms with Gasteiger partial charge in [0.2, 0.25) is 0 Å². The summed E-state index contributed by atoms with van der Waals surface area (Å²) in [6, 6.07) is -1.69. The third kappa shape index (κ3) is 19.0. The second-order valence-corrected chi connectivity index (χ2v) is 2.22. The van der Waals surface area contributed by atoms with Crippen LogP contribution in [-0.2, 0) is 9.59 Å². The Bertz CT molecular complexity index is 143. The molecule has 0 heterocycles. The van der Waals surface area contributed by atoms with E-state index < -0.39 is 24.0 Å². The van der Waals surface area contributed by atoms with Gasteiger partial charge in [-0.3, -0.25) is 0 Å². The predicted molar refractivity (Wildman–Crippen MR) is 43.1 cm³/mol. The Kier molecular flexibility index (Phi) is 15.2. The van der Waals surface area contributed by atoms with Gasteiger partial charge in [0.05, 0.1) is 11.9 Å². The summed E-state index contributed by atoms with van der Waals surface area (Å²) in [5, 5.41) is 18.9.